The molecule has 2 aliphatic rings. The minimum absolute atomic E-state index is 0.160. The number of carboxylic acid groups (broad SMARTS) is 1. The molecular formula is C10H18N2O3. The van der Waals surface area contributed by atoms with Crippen molar-refractivity contribution in [3.05, 3.63) is 0 Å². The lowest BCUT2D eigenvalue weighted by Gasteiger charge is -2.43. The summed E-state index contributed by atoms with van der Waals surface area (Å²) in [6.45, 7) is 2.18. The molecule has 86 valence electrons. The number of fused-ring (bicyclic) bond motifs is 2. The molecule has 0 aromatic carbocycles. The first-order valence-electron chi connectivity index (χ1n) is 5.41. The molecule has 0 saturated carbocycles. The minimum Gasteiger partial charge on any atom is -0.465 e. The molecule has 2 fully saturated rings. The second-order valence-electron chi connectivity index (χ2n) is 4.44. The molecule has 0 radical (unpaired) electrons. The first kappa shape index (κ1) is 10.7. The van der Waals surface area contributed by atoms with Crippen molar-refractivity contribution >= 4 is 6.09 Å². The number of ether oxygens (including phenoxy) is 1. The highest BCUT2D eigenvalue weighted by Crippen LogP contribution is 2.38. The Morgan fingerprint density at radius 1 is 1.73 bits per heavy atom. The molecule has 0 spiro atoms. The van der Waals surface area contributed by atoms with Crippen molar-refractivity contribution in [2.24, 2.45) is 0 Å². The summed E-state index contributed by atoms with van der Waals surface area (Å²) < 4.78 is 5.07. The standard InChI is InChI=1S/C10H18N2O3/c1-15-5-4-10-3-2-8(6-11-7-10)12(10)9(13)14/h8,11H,2-7H2,1H3,(H,13,14). The van der Waals surface area contributed by atoms with Gasteiger partial charge in [-0.2, -0.15) is 0 Å². The summed E-state index contributed by atoms with van der Waals surface area (Å²) in [6, 6.07) is 0.160. The fraction of sp³-hybridized carbons (Fsp3) is 0.900. The normalized spacial score (nSPS) is 34.5. The molecule has 0 aliphatic carbocycles. The lowest BCUT2D eigenvalue weighted by Crippen LogP contribution is -2.62. The van der Waals surface area contributed by atoms with Crippen LogP contribution in [0.25, 0.3) is 0 Å². The Morgan fingerprint density at radius 3 is 3.20 bits per heavy atom. The van der Waals surface area contributed by atoms with E-state index in [1.54, 1.807) is 12.0 Å². The Hall–Kier alpha value is -0.810. The Morgan fingerprint density at radius 2 is 2.53 bits per heavy atom. The largest absolute Gasteiger partial charge is 0.465 e. The zero-order valence-electron chi connectivity index (χ0n) is 9.03. The van der Waals surface area contributed by atoms with Gasteiger partial charge in [0.1, 0.15) is 0 Å². The smallest absolute Gasteiger partial charge is 0.408 e. The lowest BCUT2D eigenvalue weighted by atomic mass is 9.92. The maximum absolute atomic E-state index is 11.2. The van der Waals surface area contributed by atoms with Crippen LogP contribution in [-0.4, -0.2) is 54.5 Å². The van der Waals surface area contributed by atoms with Crippen LogP contribution >= 0.6 is 0 Å². The first-order chi connectivity index (χ1) is 7.19. The number of nitrogens with zero attached hydrogens (tertiary/aromatic N) is 1. The molecule has 15 heavy (non-hydrogen) atoms. The van der Waals surface area contributed by atoms with Crippen LogP contribution in [0, 0.1) is 0 Å². The van der Waals surface area contributed by atoms with Crippen molar-refractivity contribution in [2.75, 3.05) is 26.8 Å². The SMILES string of the molecule is COCCC12CCC(CNC1)N2C(=O)O. The Labute approximate surface area is 89.4 Å². The van der Waals surface area contributed by atoms with Crippen molar-refractivity contribution in [1.82, 2.24) is 10.2 Å². The molecule has 2 heterocycles. The summed E-state index contributed by atoms with van der Waals surface area (Å²) in [6.07, 6.45) is 1.94. The van der Waals surface area contributed by atoms with Crippen molar-refractivity contribution in [2.45, 2.75) is 30.8 Å². The van der Waals surface area contributed by atoms with Gasteiger partial charge in [0.25, 0.3) is 0 Å². The van der Waals surface area contributed by atoms with Gasteiger partial charge in [-0.05, 0) is 19.3 Å². The van der Waals surface area contributed by atoms with E-state index in [4.69, 9.17) is 4.74 Å². The number of hydrogen-bond donors (Lipinski definition) is 2. The van der Waals surface area contributed by atoms with Gasteiger partial charge in [-0.15, -0.1) is 0 Å². The predicted molar refractivity (Wildman–Crippen MR) is 55.0 cm³/mol. The van der Waals surface area contributed by atoms with E-state index in [0.29, 0.717) is 6.61 Å². The highest BCUT2D eigenvalue weighted by atomic mass is 16.5. The summed E-state index contributed by atoms with van der Waals surface area (Å²) in [5.41, 5.74) is -0.218. The third-order valence-corrected chi connectivity index (χ3v) is 3.63. The Balaban J connectivity index is 2.15. The second-order valence-corrected chi connectivity index (χ2v) is 4.44. The fourth-order valence-electron chi connectivity index (χ4n) is 2.90. The van der Waals surface area contributed by atoms with Crippen LogP contribution < -0.4 is 5.32 Å². The van der Waals surface area contributed by atoms with E-state index in [-0.39, 0.29) is 11.6 Å². The van der Waals surface area contributed by atoms with Gasteiger partial charge in [0.05, 0.1) is 5.54 Å². The molecule has 2 N–H and O–H groups in total. The fourth-order valence-corrected chi connectivity index (χ4v) is 2.90. The van der Waals surface area contributed by atoms with E-state index >= 15 is 0 Å². The van der Waals surface area contributed by atoms with Gasteiger partial charge in [-0.25, -0.2) is 4.79 Å². The Kier molecular flexibility index (Phi) is 2.84. The average molecular weight is 214 g/mol. The summed E-state index contributed by atoms with van der Waals surface area (Å²) in [4.78, 5) is 12.9. The monoisotopic (exact) mass is 214 g/mol. The summed E-state index contributed by atoms with van der Waals surface area (Å²) >= 11 is 0. The van der Waals surface area contributed by atoms with Gasteiger partial charge < -0.3 is 15.2 Å². The average Bonchev–Trinajstić information content (AvgIpc) is 2.44. The van der Waals surface area contributed by atoms with Crippen molar-refractivity contribution < 1.29 is 14.6 Å². The summed E-state index contributed by atoms with van der Waals surface area (Å²) in [5.74, 6) is 0. The van der Waals surface area contributed by atoms with Crippen LogP contribution in [0.2, 0.25) is 0 Å². The van der Waals surface area contributed by atoms with Gasteiger partial charge in [0.15, 0.2) is 0 Å². The van der Waals surface area contributed by atoms with E-state index < -0.39 is 6.09 Å². The quantitative estimate of drug-likeness (QED) is 0.718. The molecule has 5 heteroatoms. The third-order valence-electron chi connectivity index (χ3n) is 3.63. The van der Waals surface area contributed by atoms with E-state index in [1.807, 2.05) is 0 Å². The van der Waals surface area contributed by atoms with E-state index in [2.05, 4.69) is 5.32 Å². The summed E-state index contributed by atoms with van der Waals surface area (Å²) in [5, 5.41) is 12.6. The number of carbonyl (C=O) groups is 1. The topological polar surface area (TPSA) is 61.8 Å². The zero-order chi connectivity index (χ0) is 10.9. The van der Waals surface area contributed by atoms with E-state index in [0.717, 1.165) is 32.4 Å². The van der Waals surface area contributed by atoms with Crippen LogP contribution in [0.4, 0.5) is 4.79 Å². The van der Waals surface area contributed by atoms with E-state index in [1.165, 1.54) is 0 Å². The Bertz CT molecular complexity index is 255. The zero-order valence-corrected chi connectivity index (χ0v) is 9.03. The summed E-state index contributed by atoms with van der Waals surface area (Å²) in [7, 11) is 1.66. The minimum atomic E-state index is -0.782. The van der Waals surface area contributed by atoms with Crippen molar-refractivity contribution in [3.63, 3.8) is 0 Å². The van der Waals surface area contributed by atoms with Crippen molar-refractivity contribution in [3.8, 4) is 0 Å². The molecular weight excluding hydrogens is 196 g/mol. The molecule has 2 unspecified atom stereocenters. The number of methoxy groups -OCH3 is 1. The molecule has 0 aromatic heterocycles. The number of piperazine rings is 1. The van der Waals surface area contributed by atoms with Gasteiger partial charge >= 0.3 is 6.09 Å². The molecule has 2 bridgehead atoms. The molecule has 0 aromatic rings. The van der Waals surface area contributed by atoms with E-state index in [9.17, 15) is 9.90 Å². The maximum Gasteiger partial charge on any atom is 0.408 e. The van der Waals surface area contributed by atoms with Gasteiger partial charge in [-0.3, -0.25) is 4.90 Å². The molecule has 2 atom stereocenters. The van der Waals surface area contributed by atoms with Gasteiger partial charge in [0, 0.05) is 32.8 Å². The maximum atomic E-state index is 11.2. The van der Waals surface area contributed by atoms with Crippen LogP contribution in [0.3, 0.4) is 0 Å². The predicted octanol–water partition coefficient (Wildman–Crippen LogP) is 0.507. The molecule has 2 saturated heterocycles. The molecule has 5 nitrogen and oxygen atoms in total. The molecule has 2 aliphatic heterocycles. The van der Waals surface area contributed by atoms with Gasteiger partial charge in [-0.1, -0.05) is 0 Å². The number of rotatable bonds is 3. The number of nitrogens with one attached hydrogen (secondary N) is 1. The first-order valence-corrected chi connectivity index (χ1v) is 5.41. The van der Waals surface area contributed by atoms with Gasteiger partial charge in [0.2, 0.25) is 0 Å². The van der Waals surface area contributed by atoms with Crippen LogP contribution in [0.15, 0.2) is 0 Å². The third kappa shape index (κ3) is 1.70. The second kappa shape index (κ2) is 3.98. The highest BCUT2D eigenvalue weighted by molar-refractivity contribution is 5.67. The number of hydrogen-bond acceptors (Lipinski definition) is 3. The van der Waals surface area contributed by atoms with Crippen LogP contribution in [-0.2, 0) is 4.74 Å². The lowest BCUT2D eigenvalue weighted by molar-refractivity contribution is 0.0404. The van der Waals surface area contributed by atoms with Crippen molar-refractivity contribution in [1.29, 1.82) is 0 Å². The highest BCUT2D eigenvalue weighted by Gasteiger charge is 2.50. The van der Waals surface area contributed by atoms with Crippen LogP contribution in [0.1, 0.15) is 19.3 Å². The van der Waals surface area contributed by atoms with Crippen LogP contribution in [0.5, 0.6) is 0 Å². The molecule has 2 rings (SSSR count). The molecule has 1 amide bonds. The number of amides is 1.